The Morgan fingerprint density at radius 1 is 0.354 bits per heavy atom. The number of hydrogen-bond acceptors (Lipinski definition) is 4. The molecular weight excluding hydrogens is 864 g/mol. The summed E-state index contributed by atoms with van der Waals surface area (Å²) >= 11 is 16.2. The molecule has 0 unspecified atom stereocenters. The Morgan fingerprint density at radius 2 is 0.521 bits per heavy atom. The highest BCUT2D eigenvalue weighted by atomic mass is 79.9. The van der Waals surface area contributed by atoms with Crippen LogP contribution in [0.25, 0.3) is 0 Å². The molecule has 8 bridgehead atoms. The van der Waals surface area contributed by atoms with E-state index in [9.17, 15) is 0 Å². The highest BCUT2D eigenvalue weighted by Crippen LogP contribution is 2.40. The molecule has 4 nitrogen and oxygen atoms in total. The largest absolute Gasteiger partial charge is 0.494 e. The van der Waals surface area contributed by atoms with Gasteiger partial charge in [0.15, 0.2) is 0 Å². The Morgan fingerprint density at radius 3 is 0.667 bits per heavy atom. The second kappa shape index (κ2) is 17.8. The van der Waals surface area contributed by atoms with Crippen LogP contribution in [-0.2, 0) is 25.7 Å². The van der Waals surface area contributed by atoms with Gasteiger partial charge >= 0.3 is 0 Å². The monoisotopic (exact) mass is 904 g/mol. The van der Waals surface area contributed by atoms with Gasteiger partial charge in [0, 0.05) is 17.9 Å². The zero-order chi connectivity index (χ0) is 34.2. The fourth-order valence-corrected chi connectivity index (χ4v) is 7.97. The summed E-state index contributed by atoms with van der Waals surface area (Å²) in [7, 11) is 0. The van der Waals surface area contributed by atoms with Crippen molar-refractivity contribution in [2.75, 3.05) is 26.4 Å². The molecule has 0 N–H and O–H groups in total. The van der Waals surface area contributed by atoms with E-state index >= 15 is 0 Å². The van der Waals surface area contributed by atoms with Crippen LogP contribution >= 0.6 is 63.7 Å². The minimum Gasteiger partial charge on any atom is -0.494 e. The third-order valence-corrected chi connectivity index (χ3v) is 12.3. The summed E-state index contributed by atoms with van der Waals surface area (Å²) in [4.78, 5) is 0. The standard InChI is InChI=1S/C40H44Br4O4/c1-5-9-45-33-17-25-13-27-19-34(46-10-6-2)21-29(38(27)42)15-31-23-36(48-12-8-4)24-32(40(31)44)16-30-22-35(47-11-7-3)20-28(39(30)43)14-26(18-33)37(25)41/h17-24H,5-16H2,1-4H3. The van der Waals surface area contributed by atoms with Gasteiger partial charge in [-0.1, -0.05) is 91.4 Å². The van der Waals surface area contributed by atoms with Crippen LogP contribution in [0, 0.1) is 0 Å². The van der Waals surface area contributed by atoms with E-state index in [-0.39, 0.29) is 0 Å². The highest BCUT2D eigenvalue weighted by molar-refractivity contribution is 9.11. The number of benzene rings is 4. The van der Waals surface area contributed by atoms with E-state index < -0.39 is 0 Å². The lowest BCUT2D eigenvalue weighted by atomic mass is 9.93. The van der Waals surface area contributed by atoms with Gasteiger partial charge in [-0.15, -0.1) is 0 Å². The van der Waals surface area contributed by atoms with E-state index in [1.807, 2.05) is 0 Å². The number of halogens is 4. The predicted octanol–water partition coefficient (Wildman–Crippen LogP) is 12.6. The molecule has 0 radical (unpaired) electrons. The summed E-state index contributed by atoms with van der Waals surface area (Å²) < 4.78 is 29.4. The molecule has 0 spiro atoms. The molecule has 5 rings (SSSR count). The molecule has 0 saturated heterocycles. The molecule has 256 valence electrons. The molecule has 48 heavy (non-hydrogen) atoms. The maximum absolute atomic E-state index is 6.27. The van der Waals surface area contributed by atoms with E-state index in [0.717, 1.165) is 111 Å². The Bertz CT molecular complexity index is 1390. The van der Waals surface area contributed by atoms with Gasteiger partial charge in [0.25, 0.3) is 0 Å². The van der Waals surface area contributed by atoms with Gasteiger partial charge in [-0.05, 0) is 144 Å². The average Bonchev–Trinajstić information content (AvgIpc) is 3.07. The maximum Gasteiger partial charge on any atom is 0.119 e. The zero-order valence-electron chi connectivity index (χ0n) is 28.2. The molecule has 1 aliphatic carbocycles. The number of hydrogen-bond donors (Lipinski definition) is 0. The Balaban J connectivity index is 1.76. The molecular formula is C40H44Br4O4. The van der Waals surface area contributed by atoms with Crippen LogP contribution < -0.4 is 18.9 Å². The molecule has 8 heteroatoms. The van der Waals surface area contributed by atoms with Gasteiger partial charge in [-0.25, -0.2) is 0 Å². The van der Waals surface area contributed by atoms with E-state index in [2.05, 4.69) is 140 Å². The normalized spacial score (nSPS) is 12.5. The van der Waals surface area contributed by atoms with Crippen molar-refractivity contribution in [2.24, 2.45) is 0 Å². The third-order valence-electron chi connectivity index (χ3n) is 8.20. The zero-order valence-corrected chi connectivity index (χ0v) is 34.6. The van der Waals surface area contributed by atoms with Gasteiger partial charge < -0.3 is 18.9 Å². The predicted molar refractivity (Wildman–Crippen MR) is 211 cm³/mol. The average molecular weight is 908 g/mol. The van der Waals surface area contributed by atoms with E-state index in [1.165, 1.54) is 0 Å². The fraction of sp³-hybridized carbons (Fsp3) is 0.400. The quantitative estimate of drug-likeness (QED) is 0.125. The van der Waals surface area contributed by atoms with Crippen LogP contribution in [0.4, 0.5) is 0 Å². The minimum absolute atomic E-state index is 0.666. The van der Waals surface area contributed by atoms with Crippen LogP contribution in [0.3, 0.4) is 0 Å². The summed E-state index contributed by atoms with van der Waals surface area (Å²) in [6.45, 7) is 11.2. The summed E-state index contributed by atoms with van der Waals surface area (Å²) in [5.41, 5.74) is 9.32. The van der Waals surface area contributed by atoms with Crippen LogP contribution in [0.15, 0.2) is 66.4 Å². The summed E-state index contributed by atoms with van der Waals surface area (Å²) in [6.07, 6.45) is 6.58. The van der Waals surface area contributed by atoms with Crippen molar-refractivity contribution < 1.29 is 18.9 Å². The van der Waals surface area contributed by atoms with Crippen LogP contribution in [0.1, 0.15) is 97.9 Å². The van der Waals surface area contributed by atoms with Gasteiger partial charge in [0.05, 0.1) is 26.4 Å². The summed E-state index contributed by atoms with van der Waals surface area (Å²) in [6, 6.07) is 17.4. The Kier molecular flexibility index (Phi) is 13.8. The molecule has 0 aliphatic heterocycles. The van der Waals surface area contributed by atoms with E-state index in [1.54, 1.807) is 0 Å². The molecule has 0 heterocycles. The van der Waals surface area contributed by atoms with Crippen molar-refractivity contribution in [1.29, 1.82) is 0 Å². The first-order chi connectivity index (χ1) is 23.2. The second-order valence-corrected chi connectivity index (χ2v) is 15.5. The maximum atomic E-state index is 6.27. The molecule has 0 atom stereocenters. The molecule has 1 aliphatic rings. The highest BCUT2D eigenvalue weighted by Gasteiger charge is 2.21. The van der Waals surface area contributed by atoms with Gasteiger partial charge in [-0.2, -0.15) is 0 Å². The van der Waals surface area contributed by atoms with Crippen LogP contribution in [0.5, 0.6) is 23.0 Å². The van der Waals surface area contributed by atoms with E-state index in [0.29, 0.717) is 52.1 Å². The Labute approximate surface area is 319 Å². The van der Waals surface area contributed by atoms with Crippen molar-refractivity contribution in [3.63, 3.8) is 0 Å². The van der Waals surface area contributed by atoms with Crippen molar-refractivity contribution >= 4 is 63.7 Å². The molecule has 4 aromatic rings. The smallest absolute Gasteiger partial charge is 0.119 e. The lowest BCUT2D eigenvalue weighted by Crippen LogP contribution is -2.06. The number of ether oxygens (including phenoxy) is 4. The SMILES string of the molecule is CCCOc1cc2c(Br)c(c1)Cc1cc(OCCC)cc(c1Br)Cc1cc(OCCC)cc(c1Br)Cc1cc(OCCC)cc(c1Br)C2. The lowest BCUT2D eigenvalue weighted by Gasteiger charge is -2.21. The molecule has 0 fully saturated rings. The first kappa shape index (κ1) is 37.3. The van der Waals surface area contributed by atoms with Gasteiger partial charge in [0.2, 0.25) is 0 Å². The molecule has 0 aromatic heterocycles. The van der Waals surface area contributed by atoms with Crippen molar-refractivity contribution in [2.45, 2.75) is 79.1 Å². The van der Waals surface area contributed by atoms with Crippen LogP contribution in [0.2, 0.25) is 0 Å². The van der Waals surface area contributed by atoms with E-state index in [4.69, 9.17) is 18.9 Å². The molecule has 0 amide bonds. The molecule has 0 saturated carbocycles. The van der Waals surface area contributed by atoms with Crippen molar-refractivity contribution in [3.8, 4) is 23.0 Å². The van der Waals surface area contributed by atoms with Crippen molar-refractivity contribution in [1.82, 2.24) is 0 Å². The first-order valence-electron chi connectivity index (χ1n) is 17.0. The third kappa shape index (κ3) is 9.21. The fourth-order valence-electron chi connectivity index (χ4n) is 5.94. The number of rotatable bonds is 12. The summed E-state index contributed by atoms with van der Waals surface area (Å²) in [5.74, 6) is 3.53. The first-order valence-corrected chi connectivity index (χ1v) is 20.2. The minimum atomic E-state index is 0.666. The van der Waals surface area contributed by atoms with Crippen LogP contribution in [-0.4, -0.2) is 26.4 Å². The number of fused-ring (bicyclic) bond motifs is 8. The van der Waals surface area contributed by atoms with Gasteiger partial charge in [0.1, 0.15) is 23.0 Å². The topological polar surface area (TPSA) is 36.9 Å². The van der Waals surface area contributed by atoms with Crippen molar-refractivity contribution in [3.05, 3.63) is 111 Å². The second-order valence-electron chi connectivity index (χ2n) is 12.3. The lowest BCUT2D eigenvalue weighted by molar-refractivity contribution is 0.316. The summed E-state index contributed by atoms with van der Waals surface area (Å²) in [5, 5.41) is 0. The molecule has 4 aromatic carbocycles. The Hall–Kier alpha value is -2.00. The van der Waals surface area contributed by atoms with Gasteiger partial charge in [-0.3, -0.25) is 0 Å².